The smallest absolute Gasteiger partial charge is 0.393 e. The highest BCUT2D eigenvalue weighted by Gasteiger charge is 2.28. The predicted octanol–water partition coefficient (Wildman–Crippen LogP) is 12.4. The van der Waals surface area contributed by atoms with Gasteiger partial charge in [-0.2, -0.15) is 0 Å². The van der Waals surface area contributed by atoms with E-state index in [2.05, 4.69) is 19.2 Å². The summed E-state index contributed by atoms with van der Waals surface area (Å²) < 4.78 is 22.2. The number of aliphatic hydroxyl groups excluding tert-OH is 2. The third-order valence-corrected chi connectivity index (χ3v) is 12.0. The van der Waals surface area contributed by atoms with E-state index in [1.165, 1.54) is 173 Å². The SMILES string of the molecule is CCCCCCCCCCCCCCCCCCCC(O)CC(=O)NC(COP(=O)(O)OCCN)C(O)CCCCCCCCCCCCCCCCCC. The lowest BCUT2D eigenvalue weighted by molar-refractivity contribution is -0.125. The first-order valence-corrected chi connectivity index (χ1v) is 25.2. The Balaban J connectivity index is 4.17. The number of nitrogens with one attached hydrogen (secondary N) is 1. The molecule has 0 aliphatic heterocycles. The van der Waals surface area contributed by atoms with Crippen LogP contribution < -0.4 is 11.1 Å². The molecule has 0 fully saturated rings. The van der Waals surface area contributed by atoms with Crippen LogP contribution in [0.15, 0.2) is 0 Å². The molecule has 330 valence electrons. The van der Waals surface area contributed by atoms with Crippen LogP contribution in [0.2, 0.25) is 0 Å². The first kappa shape index (κ1) is 54.5. The van der Waals surface area contributed by atoms with Gasteiger partial charge in [0.1, 0.15) is 0 Å². The minimum Gasteiger partial charge on any atom is -0.393 e. The number of amides is 1. The second-order valence-electron chi connectivity index (χ2n) is 16.5. The number of phosphoric acid groups is 1. The van der Waals surface area contributed by atoms with E-state index in [4.69, 9.17) is 14.8 Å². The lowest BCUT2D eigenvalue weighted by Gasteiger charge is -2.25. The molecule has 9 nitrogen and oxygen atoms in total. The highest BCUT2D eigenvalue weighted by molar-refractivity contribution is 7.47. The summed E-state index contributed by atoms with van der Waals surface area (Å²) in [5.41, 5.74) is 5.38. The van der Waals surface area contributed by atoms with Crippen molar-refractivity contribution in [3.63, 3.8) is 0 Å². The molecule has 0 aliphatic carbocycles. The molecular formula is C45H93N2O7P. The molecule has 10 heteroatoms. The number of rotatable bonds is 45. The average molecular weight is 805 g/mol. The molecule has 0 aromatic heterocycles. The van der Waals surface area contributed by atoms with Gasteiger partial charge in [-0.1, -0.05) is 226 Å². The Morgan fingerprint density at radius 3 is 1.22 bits per heavy atom. The fourth-order valence-corrected chi connectivity index (χ4v) is 8.18. The largest absolute Gasteiger partial charge is 0.472 e. The minimum absolute atomic E-state index is 0.0628. The monoisotopic (exact) mass is 805 g/mol. The maximum atomic E-state index is 12.9. The molecule has 0 aliphatic rings. The number of hydrogen-bond acceptors (Lipinski definition) is 7. The number of aliphatic hydroxyl groups is 2. The zero-order chi connectivity index (χ0) is 40.5. The fourth-order valence-electron chi connectivity index (χ4n) is 7.42. The van der Waals surface area contributed by atoms with E-state index in [1.807, 2.05) is 0 Å². The molecule has 0 radical (unpaired) electrons. The number of carbonyl (C=O) groups excluding carboxylic acids is 1. The zero-order valence-corrected chi connectivity index (χ0v) is 37.2. The number of phosphoric ester groups is 1. The Kier molecular flexibility index (Phi) is 41.2. The van der Waals surface area contributed by atoms with Gasteiger partial charge >= 0.3 is 7.82 Å². The highest BCUT2D eigenvalue weighted by Crippen LogP contribution is 2.43. The van der Waals surface area contributed by atoms with E-state index in [0.29, 0.717) is 12.8 Å². The van der Waals surface area contributed by atoms with Crippen LogP contribution in [0.1, 0.15) is 245 Å². The van der Waals surface area contributed by atoms with Crippen LogP contribution in [0.25, 0.3) is 0 Å². The van der Waals surface area contributed by atoms with E-state index >= 15 is 0 Å². The van der Waals surface area contributed by atoms with Gasteiger partial charge in [-0.25, -0.2) is 4.57 Å². The Labute approximate surface area is 340 Å². The van der Waals surface area contributed by atoms with Gasteiger partial charge < -0.3 is 26.2 Å². The summed E-state index contributed by atoms with van der Waals surface area (Å²) in [5.74, 6) is -0.408. The van der Waals surface area contributed by atoms with Crippen molar-refractivity contribution in [1.29, 1.82) is 0 Å². The standard InChI is InChI=1S/C45H93N2O7P/c1-3-5-7-9-11-13-15-17-19-21-22-24-26-28-30-32-34-36-42(48)40-45(50)47-43(41-54-55(51,52)53-39-38-46)44(49)37-35-33-31-29-27-25-23-20-18-16-14-12-10-8-6-4-2/h42-44,48-49H,3-41,46H2,1-2H3,(H,47,50)(H,51,52). The van der Waals surface area contributed by atoms with Crippen LogP contribution in [0.4, 0.5) is 0 Å². The van der Waals surface area contributed by atoms with E-state index < -0.39 is 32.0 Å². The number of carbonyl (C=O) groups is 1. The summed E-state index contributed by atoms with van der Waals surface area (Å²) in [5, 5.41) is 24.3. The Bertz CT molecular complexity index is 852. The molecule has 0 saturated heterocycles. The molecule has 0 heterocycles. The van der Waals surface area contributed by atoms with Gasteiger partial charge in [0.25, 0.3) is 0 Å². The maximum Gasteiger partial charge on any atom is 0.472 e. The molecule has 0 aromatic carbocycles. The van der Waals surface area contributed by atoms with Crippen LogP contribution >= 0.6 is 7.82 Å². The summed E-state index contributed by atoms with van der Waals surface area (Å²) in [7, 11) is -4.37. The van der Waals surface area contributed by atoms with Crippen molar-refractivity contribution >= 4 is 13.7 Å². The van der Waals surface area contributed by atoms with Crippen molar-refractivity contribution in [3.05, 3.63) is 0 Å². The lowest BCUT2D eigenvalue weighted by atomic mass is 10.0. The van der Waals surface area contributed by atoms with Gasteiger partial charge in [0.05, 0.1) is 37.9 Å². The number of hydrogen-bond donors (Lipinski definition) is 5. The van der Waals surface area contributed by atoms with Crippen molar-refractivity contribution in [1.82, 2.24) is 5.32 Å². The summed E-state index contributed by atoms with van der Waals surface area (Å²) in [6.45, 7) is 4.08. The minimum atomic E-state index is -4.37. The molecule has 1 amide bonds. The Morgan fingerprint density at radius 2 is 0.873 bits per heavy atom. The molecule has 6 N–H and O–H groups in total. The predicted molar refractivity (Wildman–Crippen MR) is 232 cm³/mol. The van der Waals surface area contributed by atoms with Gasteiger partial charge in [-0.15, -0.1) is 0 Å². The average Bonchev–Trinajstić information content (AvgIpc) is 3.16. The van der Waals surface area contributed by atoms with E-state index in [1.54, 1.807) is 0 Å². The molecule has 0 saturated carbocycles. The lowest BCUT2D eigenvalue weighted by Crippen LogP contribution is -2.47. The van der Waals surface area contributed by atoms with Crippen LogP contribution in [-0.4, -0.2) is 59.0 Å². The van der Waals surface area contributed by atoms with E-state index in [0.717, 1.165) is 38.5 Å². The van der Waals surface area contributed by atoms with Crippen molar-refractivity contribution in [2.24, 2.45) is 5.73 Å². The van der Waals surface area contributed by atoms with Crippen LogP contribution in [0.3, 0.4) is 0 Å². The van der Waals surface area contributed by atoms with Gasteiger partial charge in [-0.3, -0.25) is 13.8 Å². The maximum absolute atomic E-state index is 12.9. The molecular weight excluding hydrogens is 711 g/mol. The number of unbranched alkanes of at least 4 members (excludes halogenated alkanes) is 31. The van der Waals surface area contributed by atoms with Crippen molar-refractivity contribution in [2.45, 2.75) is 263 Å². The molecule has 55 heavy (non-hydrogen) atoms. The zero-order valence-electron chi connectivity index (χ0n) is 36.3. The molecule has 0 aromatic rings. The third-order valence-electron chi connectivity index (χ3n) is 11.0. The quantitative estimate of drug-likeness (QED) is 0.0301. The van der Waals surface area contributed by atoms with Gasteiger partial charge in [-0.05, 0) is 12.8 Å². The summed E-state index contributed by atoms with van der Waals surface area (Å²) in [6.07, 6.45) is 41.4. The Hall–Kier alpha value is -0.540. The number of nitrogens with two attached hydrogens (primary N) is 1. The van der Waals surface area contributed by atoms with Crippen LogP contribution in [0, 0.1) is 0 Å². The van der Waals surface area contributed by atoms with Crippen LogP contribution in [0.5, 0.6) is 0 Å². The van der Waals surface area contributed by atoms with Gasteiger partial charge in [0.15, 0.2) is 0 Å². The molecule has 0 rings (SSSR count). The van der Waals surface area contributed by atoms with Gasteiger partial charge in [0.2, 0.25) is 5.91 Å². The van der Waals surface area contributed by atoms with Gasteiger partial charge in [0, 0.05) is 6.54 Å². The second-order valence-corrected chi connectivity index (χ2v) is 18.0. The molecule has 0 bridgehead atoms. The van der Waals surface area contributed by atoms with E-state index in [-0.39, 0.29) is 26.2 Å². The fraction of sp³-hybridized carbons (Fsp3) is 0.978. The first-order chi connectivity index (χ1) is 26.8. The molecule has 4 atom stereocenters. The summed E-state index contributed by atoms with van der Waals surface area (Å²) in [6, 6.07) is -0.890. The normalized spacial score (nSPS) is 14.5. The Morgan fingerprint density at radius 1 is 0.545 bits per heavy atom. The topological polar surface area (TPSA) is 151 Å². The summed E-state index contributed by atoms with van der Waals surface area (Å²) in [4.78, 5) is 22.8. The summed E-state index contributed by atoms with van der Waals surface area (Å²) >= 11 is 0. The van der Waals surface area contributed by atoms with E-state index in [9.17, 15) is 24.5 Å². The first-order valence-electron chi connectivity index (χ1n) is 23.7. The van der Waals surface area contributed by atoms with Crippen molar-refractivity contribution < 1.29 is 33.5 Å². The molecule has 0 spiro atoms. The molecule has 4 unspecified atom stereocenters. The van der Waals surface area contributed by atoms with Crippen molar-refractivity contribution in [2.75, 3.05) is 19.8 Å². The third kappa shape index (κ3) is 40.0. The highest BCUT2D eigenvalue weighted by atomic mass is 31.2. The second kappa shape index (κ2) is 41.6. The van der Waals surface area contributed by atoms with Crippen LogP contribution in [-0.2, 0) is 18.4 Å². The van der Waals surface area contributed by atoms with Crippen molar-refractivity contribution in [3.8, 4) is 0 Å².